The van der Waals surface area contributed by atoms with Crippen molar-refractivity contribution in [3.63, 3.8) is 0 Å². The van der Waals surface area contributed by atoms with Gasteiger partial charge in [0.25, 0.3) is 0 Å². The molecule has 0 bridgehead atoms. The van der Waals surface area contributed by atoms with Crippen LogP contribution in [0.5, 0.6) is 0 Å². The fourth-order valence-corrected chi connectivity index (χ4v) is 2.79. The zero-order chi connectivity index (χ0) is 17.1. The lowest BCUT2D eigenvalue weighted by Gasteiger charge is -2.17. The number of urea groups is 1. The SMILES string of the molecule is O=C(Nc1ccccc1Cl)N[C@@H]1CC(=O)N(c2cccc(F)c2)C1. The van der Waals surface area contributed by atoms with Gasteiger partial charge in [0.2, 0.25) is 5.91 Å². The Morgan fingerprint density at radius 3 is 2.75 bits per heavy atom. The number of rotatable bonds is 3. The summed E-state index contributed by atoms with van der Waals surface area (Å²) >= 11 is 5.99. The van der Waals surface area contributed by atoms with E-state index in [1.54, 1.807) is 36.4 Å². The number of hydrogen-bond acceptors (Lipinski definition) is 2. The van der Waals surface area contributed by atoms with E-state index in [1.807, 2.05) is 0 Å². The molecule has 0 aliphatic carbocycles. The lowest BCUT2D eigenvalue weighted by atomic mass is 10.2. The van der Waals surface area contributed by atoms with Gasteiger partial charge in [0.15, 0.2) is 0 Å². The molecule has 5 nitrogen and oxygen atoms in total. The van der Waals surface area contributed by atoms with Gasteiger partial charge in [0.05, 0.1) is 16.8 Å². The average Bonchev–Trinajstić information content (AvgIpc) is 2.90. The Morgan fingerprint density at radius 1 is 1.21 bits per heavy atom. The summed E-state index contributed by atoms with van der Waals surface area (Å²) in [5.41, 5.74) is 0.971. The monoisotopic (exact) mass is 347 g/mol. The van der Waals surface area contributed by atoms with Crippen LogP contribution in [0.1, 0.15) is 6.42 Å². The number of nitrogens with zero attached hydrogens (tertiary/aromatic N) is 1. The summed E-state index contributed by atoms with van der Waals surface area (Å²) in [6.45, 7) is 0.290. The van der Waals surface area contributed by atoms with Crippen LogP contribution in [0.4, 0.5) is 20.6 Å². The van der Waals surface area contributed by atoms with E-state index in [2.05, 4.69) is 10.6 Å². The molecule has 1 saturated heterocycles. The maximum Gasteiger partial charge on any atom is 0.319 e. The predicted octanol–water partition coefficient (Wildman–Crippen LogP) is 3.41. The van der Waals surface area contributed by atoms with E-state index in [4.69, 9.17) is 11.6 Å². The van der Waals surface area contributed by atoms with Gasteiger partial charge in [-0.1, -0.05) is 29.8 Å². The maximum atomic E-state index is 13.3. The molecule has 124 valence electrons. The average molecular weight is 348 g/mol. The van der Waals surface area contributed by atoms with Crippen molar-refractivity contribution in [3.05, 3.63) is 59.4 Å². The first-order valence-corrected chi connectivity index (χ1v) is 7.79. The number of benzene rings is 2. The fourth-order valence-electron chi connectivity index (χ4n) is 2.60. The van der Waals surface area contributed by atoms with Crippen LogP contribution in [0.3, 0.4) is 0 Å². The molecular formula is C17H15ClFN3O2. The van der Waals surface area contributed by atoms with Crippen molar-refractivity contribution in [2.45, 2.75) is 12.5 Å². The van der Waals surface area contributed by atoms with Crippen LogP contribution in [0.2, 0.25) is 5.02 Å². The van der Waals surface area contributed by atoms with Crippen molar-refractivity contribution in [3.8, 4) is 0 Å². The molecule has 0 aromatic heterocycles. The third-order valence-corrected chi connectivity index (χ3v) is 4.03. The van der Waals surface area contributed by atoms with Crippen LogP contribution in [-0.4, -0.2) is 24.5 Å². The van der Waals surface area contributed by atoms with Gasteiger partial charge >= 0.3 is 6.03 Å². The molecule has 2 N–H and O–H groups in total. The van der Waals surface area contributed by atoms with Gasteiger partial charge in [-0.05, 0) is 30.3 Å². The fraction of sp³-hybridized carbons (Fsp3) is 0.176. The highest BCUT2D eigenvalue weighted by Gasteiger charge is 2.31. The molecule has 3 rings (SSSR count). The number of hydrogen-bond donors (Lipinski definition) is 2. The molecule has 0 radical (unpaired) electrons. The smallest absolute Gasteiger partial charge is 0.319 e. The third-order valence-electron chi connectivity index (χ3n) is 3.70. The number of para-hydroxylation sites is 1. The Labute approximate surface area is 143 Å². The molecule has 2 aromatic rings. The predicted molar refractivity (Wildman–Crippen MR) is 90.8 cm³/mol. The van der Waals surface area contributed by atoms with Gasteiger partial charge in [-0.3, -0.25) is 4.79 Å². The highest BCUT2D eigenvalue weighted by Crippen LogP contribution is 2.23. The van der Waals surface area contributed by atoms with Crippen LogP contribution in [0.15, 0.2) is 48.5 Å². The van der Waals surface area contributed by atoms with Gasteiger partial charge in [-0.25, -0.2) is 9.18 Å². The van der Waals surface area contributed by atoms with E-state index in [1.165, 1.54) is 17.0 Å². The Bertz CT molecular complexity index is 784. The quantitative estimate of drug-likeness (QED) is 0.893. The van der Waals surface area contributed by atoms with Gasteiger partial charge in [0, 0.05) is 18.7 Å². The van der Waals surface area contributed by atoms with Crippen molar-refractivity contribution < 1.29 is 14.0 Å². The van der Waals surface area contributed by atoms with E-state index in [0.717, 1.165) is 0 Å². The molecule has 1 heterocycles. The first kappa shape index (κ1) is 16.3. The van der Waals surface area contributed by atoms with Crippen molar-refractivity contribution in [1.29, 1.82) is 0 Å². The van der Waals surface area contributed by atoms with Gasteiger partial charge < -0.3 is 15.5 Å². The maximum absolute atomic E-state index is 13.3. The van der Waals surface area contributed by atoms with E-state index < -0.39 is 11.8 Å². The Hall–Kier alpha value is -2.60. The van der Waals surface area contributed by atoms with Crippen LogP contribution in [-0.2, 0) is 4.79 Å². The van der Waals surface area contributed by atoms with E-state index in [-0.39, 0.29) is 24.9 Å². The standard InChI is InChI=1S/C17H15ClFN3O2/c18-14-6-1-2-7-15(14)21-17(24)20-12-9-16(23)22(10-12)13-5-3-4-11(19)8-13/h1-8,12H,9-10H2,(H2,20,21,24)/t12-/m1/s1. The summed E-state index contributed by atoms with van der Waals surface area (Å²) in [5.74, 6) is -0.572. The Morgan fingerprint density at radius 2 is 2.00 bits per heavy atom. The number of halogens is 2. The van der Waals surface area contributed by atoms with Crippen molar-refractivity contribution in [2.75, 3.05) is 16.8 Å². The number of carbonyl (C=O) groups is 2. The minimum atomic E-state index is -0.443. The van der Waals surface area contributed by atoms with Crippen LogP contribution < -0.4 is 15.5 Å². The number of anilines is 2. The molecule has 1 aliphatic heterocycles. The first-order chi connectivity index (χ1) is 11.5. The molecule has 1 aliphatic rings. The molecule has 0 unspecified atom stereocenters. The highest BCUT2D eigenvalue weighted by atomic mass is 35.5. The molecule has 2 aromatic carbocycles. The van der Waals surface area contributed by atoms with Crippen molar-refractivity contribution >= 4 is 34.9 Å². The normalized spacial score (nSPS) is 17.0. The minimum absolute atomic E-state index is 0.159. The molecule has 1 fully saturated rings. The molecule has 7 heteroatoms. The minimum Gasteiger partial charge on any atom is -0.333 e. The second-order valence-electron chi connectivity index (χ2n) is 5.46. The lowest BCUT2D eigenvalue weighted by molar-refractivity contribution is -0.117. The molecular weight excluding hydrogens is 333 g/mol. The lowest BCUT2D eigenvalue weighted by Crippen LogP contribution is -2.39. The van der Waals surface area contributed by atoms with Crippen LogP contribution in [0, 0.1) is 5.82 Å². The van der Waals surface area contributed by atoms with Gasteiger partial charge in [0.1, 0.15) is 5.82 Å². The van der Waals surface area contributed by atoms with Gasteiger partial charge in [-0.15, -0.1) is 0 Å². The first-order valence-electron chi connectivity index (χ1n) is 7.41. The molecule has 3 amide bonds. The largest absolute Gasteiger partial charge is 0.333 e. The number of carbonyl (C=O) groups excluding carboxylic acids is 2. The number of nitrogens with one attached hydrogen (secondary N) is 2. The second kappa shape index (κ2) is 6.88. The van der Waals surface area contributed by atoms with Crippen molar-refractivity contribution in [1.82, 2.24) is 5.32 Å². The van der Waals surface area contributed by atoms with Gasteiger partial charge in [-0.2, -0.15) is 0 Å². The zero-order valence-electron chi connectivity index (χ0n) is 12.6. The Kier molecular flexibility index (Phi) is 4.66. The summed E-state index contributed by atoms with van der Waals surface area (Å²) in [7, 11) is 0. The highest BCUT2D eigenvalue weighted by molar-refractivity contribution is 6.33. The topological polar surface area (TPSA) is 61.4 Å². The van der Waals surface area contributed by atoms with Crippen LogP contribution in [0.25, 0.3) is 0 Å². The van der Waals surface area contributed by atoms with Crippen LogP contribution >= 0.6 is 11.6 Å². The third kappa shape index (κ3) is 3.65. The molecule has 0 saturated carbocycles. The summed E-state index contributed by atoms with van der Waals surface area (Å²) in [4.78, 5) is 25.6. The van der Waals surface area contributed by atoms with E-state index in [9.17, 15) is 14.0 Å². The van der Waals surface area contributed by atoms with Crippen molar-refractivity contribution in [2.24, 2.45) is 0 Å². The summed E-state index contributed by atoms with van der Waals surface area (Å²) in [6.07, 6.45) is 0.159. The molecule has 0 spiro atoms. The summed E-state index contributed by atoms with van der Waals surface area (Å²) in [6, 6.07) is 11.9. The molecule has 24 heavy (non-hydrogen) atoms. The molecule has 1 atom stereocenters. The number of amides is 3. The summed E-state index contributed by atoms with van der Waals surface area (Å²) < 4.78 is 13.3. The summed E-state index contributed by atoms with van der Waals surface area (Å²) in [5, 5.41) is 5.81. The van der Waals surface area contributed by atoms with E-state index >= 15 is 0 Å². The Balaban J connectivity index is 1.62. The zero-order valence-corrected chi connectivity index (χ0v) is 13.4. The van der Waals surface area contributed by atoms with E-state index in [0.29, 0.717) is 16.4 Å². The second-order valence-corrected chi connectivity index (χ2v) is 5.87.